The molecule has 22 N–H and O–H groups in total. The molecule has 4 rings (SSSR count). The van der Waals surface area contributed by atoms with E-state index in [0.717, 1.165) is 75.9 Å². The van der Waals surface area contributed by atoms with Gasteiger partial charge in [0.15, 0.2) is 0 Å². The normalized spacial score (nSPS) is 11.5. The van der Waals surface area contributed by atoms with Crippen molar-refractivity contribution in [3.8, 4) is 0 Å². The number of hydrazine groups is 2. The van der Waals surface area contributed by atoms with Crippen LogP contribution >= 0.6 is 0 Å². The lowest BCUT2D eigenvalue weighted by Crippen LogP contribution is -2.88. The fourth-order valence-electron chi connectivity index (χ4n) is 5.38. The fourth-order valence-corrected chi connectivity index (χ4v) is 8.34. The Bertz CT molecular complexity index is 2320. The number of guanidine groups is 2. The molecular formula is C30H48N10O16S4. The van der Waals surface area contributed by atoms with E-state index in [1.807, 2.05) is 0 Å². The zero-order valence-corrected chi connectivity index (χ0v) is 34.9. The largest absolute Gasteiger partial charge is 0.744 e. The summed E-state index contributed by atoms with van der Waals surface area (Å²) in [5, 5.41) is 1.79. The maximum atomic E-state index is 11.8. The molecule has 0 atom stereocenters. The van der Waals surface area contributed by atoms with Crippen molar-refractivity contribution < 1.29 is 94.1 Å². The molecule has 338 valence electrons. The van der Waals surface area contributed by atoms with Gasteiger partial charge in [-0.3, -0.25) is 32.5 Å². The molecule has 0 saturated heterocycles. The van der Waals surface area contributed by atoms with E-state index in [9.17, 15) is 61.5 Å². The lowest BCUT2D eigenvalue weighted by molar-refractivity contribution is -0.513. The van der Waals surface area contributed by atoms with Gasteiger partial charge in [-0.1, -0.05) is 24.3 Å². The highest BCUT2D eigenvalue weighted by atomic mass is 32.2. The van der Waals surface area contributed by atoms with Crippen LogP contribution in [-0.2, 0) is 50.1 Å². The second kappa shape index (κ2) is 23.0. The Morgan fingerprint density at radius 3 is 0.950 bits per heavy atom. The first-order chi connectivity index (χ1) is 26.7. The van der Waals surface area contributed by atoms with Crippen LogP contribution in [0, 0.1) is 0 Å². The number of hydrogen-bond acceptors (Lipinski definition) is 14. The predicted octanol–water partition coefficient (Wildman–Crippen LogP) is -9.10. The Labute approximate surface area is 343 Å². The third-order valence-electron chi connectivity index (χ3n) is 7.82. The lowest BCUT2D eigenvalue weighted by Gasteiger charge is -2.23. The second-order valence-electron chi connectivity index (χ2n) is 12.2. The number of nitrogens with one attached hydrogen (secondary N) is 4. The zero-order valence-electron chi connectivity index (χ0n) is 31.6. The van der Waals surface area contributed by atoms with Crippen molar-refractivity contribution >= 4 is 96.5 Å². The molecule has 0 aliphatic heterocycles. The Balaban J connectivity index is 0.00000104. The van der Waals surface area contributed by atoms with E-state index in [1.54, 1.807) is 0 Å². The first-order valence-electron chi connectivity index (χ1n) is 16.8. The fraction of sp³-hybridized carbons (Fsp3) is 0.333. The van der Waals surface area contributed by atoms with Gasteiger partial charge in [0.1, 0.15) is 40.5 Å². The summed E-state index contributed by atoms with van der Waals surface area (Å²) in [5.74, 6) is -0.216. The van der Waals surface area contributed by atoms with Crippen molar-refractivity contribution in [1.82, 2.24) is 10.9 Å². The van der Waals surface area contributed by atoms with E-state index in [2.05, 4.69) is 32.5 Å². The van der Waals surface area contributed by atoms with Gasteiger partial charge in [0, 0.05) is 34.4 Å². The molecule has 0 aliphatic carbocycles. The summed E-state index contributed by atoms with van der Waals surface area (Å²) >= 11 is 0. The summed E-state index contributed by atoms with van der Waals surface area (Å²) < 4.78 is 141. The van der Waals surface area contributed by atoms with Gasteiger partial charge in [-0.25, -0.2) is 44.5 Å². The molecule has 0 saturated carbocycles. The maximum absolute atomic E-state index is 11.8. The van der Waals surface area contributed by atoms with Gasteiger partial charge in [-0.05, 0) is 61.4 Å². The summed E-state index contributed by atoms with van der Waals surface area (Å²) in [4.78, 5) is 17.4. The van der Waals surface area contributed by atoms with Gasteiger partial charge in [-0.2, -0.15) is 10.2 Å². The molecule has 4 aromatic rings. The highest BCUT2D eigenvalue weighted by Crippen LogP contribution is 2.44. The third kappa shape index (κ3) is 15.8. The smallest absolute Gasteiger partial charge is 0.360 e. The summed E-state index contributed by atoms with van der Waals surface area (Å²) in [6.07, 6.45) is 6.89. The van der Waals surface area contributed by atoms with Crippen LogP contribution in [0.1, 0.15) is 51.4 Å². The molecule has 26 nitrogen and oxygen atoms in total. The standard InChI is InChI=1S/C16H10O12S4.2C7H17N5O.2H2O/c17-29(18,19)11-5-13(31(23,24)25)9-3-4-10-14(32(26,27)28)6-12(30(20,21)22)8-2-1-7(11)15(9)16(8)10;2*8-5-3-1-2-4-6(13)11-12-7(9)10;;/h1-6H,(H,17,18,19)(H,20,21,22)(H,23,24,25)(H,26,27,28);2*1-5,8H2,(H,11,13)(H4,9,10,12);2*1H2. The Morgan fingerprint density at radius 1 is 0.500 bits per heavy atom. The highest BCUT2D eigenvalue weighted by molar-refractivity contribution is 7.87. The van der Waals surface area contributed by atoms with Gasteiger partial charge in [0.25, 0.3) is 0 Å². The topological polar surface area (TPSA) is 537 Å². The van der Waals surface area contributed by atoms with Crippen molar-refractivity contribution in [3.63, 3.8) is 0 Å². The molecular weight excluding hydrogens is 885 g/mol. The minimum atomic E-state index is -5.40. The number of hydrazone groups is 2. The van der Waals surface area contributed by atoms with Crippen molar-refractivity contribution in [1.29, 1.82) is 0 Å². The number of hydrogen-bond donors (Lipinski definition) is 10. The minimum absolute atomic E-state index is 0. The first-order valence-corrected chi connectivity index (χ1v) is 22.4. The molecule has 0 bridgehead atoms. The molecule has 0 aromatic heterocycles. The minimum Gasteiger partial charge on any atom is -0.744 e. The summed E-state index contributed by atoms with van der Waals surface area (Å²) in [6, 6.07) is 4.27. The number of unbranched alkanes of at least 4 members (excludes halogenated alkanes) is 4. The number of rotatable bonds is 16. The van der Waals surface area contributed by atoms with Gasteiger partial charge in [0.05, 0.1) is 32.7 Å². The Morgan fingerprint density at radius 2 is 0.750 bits per heavy atom. The highest BCUT2D eigenvalue weighted by Gasteiger charge is 2.24. The van der Waals surface area contributed by atoms with E-state index in [1.165, 1.54) is 0 Å². The molecule has 60 heavy (non-hydrogen) atoms. The van der Waals surface area contributed by atoms with Gasteiger partial charge in [-0.15, -0.1) is 0 Å². The molecule has 0 heterocycles. The van der Waals surface area contributed by atoms with Crippen LogP contribution in [0.2, 0.25) is 0 Å². The van der Waals surface area contributed by atoms with E-state index >= 15 is 0 Å². The molecule has 4 aromatic carbocycles. The van der Waals surface area contributed by atoms with Crippen LogP contribution in [0.5, 0.6) is 0 Å². The van der Waals surface area contributed by atoms with Crippen LogP contribution in [0.25, 0.3) is 32.3 Å². The Hall–Kier alpha value is -5.12. The van der Waals surface area contributed by atoms with Gasteiger partial charge in [0.2, 0.25) is 11.8 Å². The molecule has 0 spiro atoms. The SMILES string of the molecule is NC(N)=[NH+]NC(=O)CCCCC[NH3+].NC(N)=[NH+]NC(=O)CCCCC[NH3+].O.O.O=S(=O)([O-])c1cc(S(=O)(=O)[O-])c2ccc3c(S(=O)(=O)[O-])cc(S(=O)(=O)[O-])c4ccc1c2c43. The predicted molar refractivity (Wildman–Crippen MR) is 207 cm³/mol. The first kappa shape index (κ1) is 54.9. The van der Waals surface area contributed by atoms with E-state index in [-0.39, 0.29) is 34.7 Å². The molecule has 0 radical (unpaired) electrons. The van der Waals surface area contributed by atoms with Crippen molar-refractivity contribution in [2.75, 3.05) is 13.1 Å². The molecule has 0 aliphatic rings. The number of carbonyl (C=O) groups excluding carboxylic acids is 2. The number of quaternary nitrogens is 2. The van der Waals surface area contributed by atoms with Crippen molar-refractivity contribution in [3.05, 3.63) is 36.4 Å². The summed E-state index contributed by atoms with van der Waals surface area (Å²) in [6.45, 7) is 1.84. The van der Waals surface area contributed by atoms with Crippen LogP contribution < -0.4 is 55.5 Å². The van der Waals surface area contributed by atoms with E-state index < -0.39 is 92.4 Å². The van der Waals surface area contributed by atoms with Crippen LogP contribution in [-0.4, -0.2) is 99.7 Å². The summed E-state index contributed by atoms with van der Waals surface area (Å²) in [7, 11) is -21.6. The lowest BCUT2D eigenvalue weighted by atomic mass is 9.94. The second-order valence-corrected chi connectivity index (χ2v) is 17.6. The van der Waals surface area contributed by atoms with Crippen molar-refractivity contribution in [2.24, 2.45) is 22.9 Å². The Kier molecular flexibility index (Phi) is 21.1. The number of carbonyl (C=O) groups is 2. The summed E-state index contributed by atoms with van der Waals surface area (Å²) in [5.41, 5.74) is 32.5. The number of amides is 2. The van der Waals surface area contributed by atoms with Crippen LogP contribution in [0.4, 0.5) is 0 Å². The number of nitrogens with two attached hydrogens (primary N) is 4. The van der Waals surface area contributed by atoms with Crippen LogP contribution in [0.15, 0.2) is 56.0 Å². The van der Waals surface area contributed by atoms with Gasteiger partial charge >= 0.3 is 11.9 Å². The van der Waals surface area contributed by atoms with E-state index in [4.69, 9.17) is 22.9 Å². The molecule has 30 heteroatoms. The molecule has 2 amide bonds. The third-order valence-corrected chi connectivity index (χ3v) is 11.3. The van der Waals surface area contributed by atoms with Gasteiger partial charge < -0.3 is 40.6 Å². The van der Waals surface area contributed by atoms with Crippen molar-refractivity contribution in [2.45, 2.75) is 70.9 Å². The monoisotopic (exact) mass is 932 g/mol. The quantitative estimate of drug-likeness (QED) is 0.0125. The molecule has 0 unspecified atom stereocenters. The van der Waals surface area contributed by atoms with E-state index in [0.29, 0.717) is 25.0 Å². The van der Waals surface area contributed by atoms with Crippen LogP contribution in [0.3, 0.4) is 0 Å². The average Bonchev–Trinajstić information content (AvgIpc) is 3.10. The maximum Gasteiger partial charge on any atom is 0.360 e. The average molecular weight is 933 g/mol. The zero-order chi connectivity index (χ0) is 44.2. The molecule has 0 fully saturated rings. The number of benzene rings is 4.